The van der Waals surface area contributed by atoms with E-state index in [2.05, 4.69) is 11.8 Å². The number of ether oxygens (including phenoxy) is 1. The van der Waals surface area contributed by atoms with Crippen LogP contribution < -0.4 is 0 Å². The highest BCUT2D eigenvalue weighted by atomic mass is 16.5. The largest absolute Gasteiger partial charge is 0.396 e. The smallest absolute Gasteiger partial charge is 0.225 e. The molecule has 122 valence electrons. The van der Waals surface area contributed by atoms with E-state index in [1.807, 2.05) is 11.9 Å². The van der Waals surface area contributed by atoms with Crippen molar-refractivity contribution in [2.45, 2.75) is 32.6 Å². The molecule has 1 amide bonds. The Labute approximate surface area is 128 Å². The van der Waals surface area contributed by atoms with Gasteiger partial charge >= 0.3 is 0 Å². The molecule has 5 nitrogen and oxygen atoms in total. The zero-order valence-electron chi connectivity index (χ0n) is 13.5. The van der Waals surface area contributed by atoms with E-state index in [1.54, 1.807) is 0 Å². The van der Waals surface area contributed by atoms with Gasteiger partial charge in [-0.25, -0.2) is 0 Å². The molecule has 0 aromatic heterocycles. The predicted octanol–water partition coefficient (Wildman–Crippen LogP) is 0.966. The predicted molar refractivity (Wildman–Crippen MR) is 82.0 cm³/mol. The first-order valence-electron chi connectivity index (χ1n) is 8.26. The molecule has 0 radical (unpaired) electrons. The molecule has 0 saturated carbocycles. The lowest BCUT2D eigenvalue weighted by atomic mass is 9.85. The minimum absolute atomic E-state index is 0.0469. The van der Waals surface area contributed by atoms with Crippen molar-refractivity contribution >= 4 is 5.91 Å². The van der Waals surface area contributed by atoms with Gasteiger partial charge < -0.3 is 19.6 Å². The summed E-state index contributed by atoms with van der Waals surface area (Å²) in [6, 6.07) is 0. The van der Waals surface area contributed by atoms with Gasteiger partial charge in [-0.15, -0.1) is 0 Å². The second kappa shape index (κ2) is 7.56. The third kappa shape index (κ3) is 4.18. The van der Waals surface area contributed by atoms with Crippen LogP contribution in [0.25, 0.3) is 0 Å². The monoisotopic (exact) mass is 298 g/mol. The normalized spacial score (nSPS) is 22.8. The number of aliphatic hydroxyl groups excluding tert-OH is 1. The summed E-state index contributed by atoms with van der Waals surface area (Å²) in [6.45, 7) is 7.38. The van der Waals surface area contributed by atoms with Crippen molar-refractivity contribution in [1.82, 2.24) is 9.80 Å². The highest BCUT2D eigenvalue weighted by molar-refractivity contribution is 5.78. The van der Waals surface area contributed by atoms with Crippen LogP contribution in [-0.2, 0) is 9.53 Å². The average Bonchev–Trinajstić information content (AvgIpc) is 2.48. The molecule has 5 heteroatoms. The summed E-state index contributed by atoms with van der Waals surface area (Å²) in [4.78, 5) is 16.7. The van der Waals surface area contributed by atoms with Gasteiger partial charge in [0.25, 0.3) is 0 Å². The molecule has 2 fully saturated rings. The lowest BCUT2D eigenvalue weighted by Gasteiger charge is -2.45. The first kappa shape index (κ1) is 16.7. The second-order valence-corrected chi connectivity index (χ2v) is 6.81. The van der Waals surface area contributed by atoms with Crippen LogP contribution in [0, 0.1) is 11.3 Å². The quantitative estimate of drug-likeness (QED) is 0.761. The Hall–Kier alpha value is -0.650. The van der Waals surface area contributed by atoms with E-state index in [0.29, 0.717) is 19.1 Å². The van der Waals surface area contributed by atoms with E-state index >= 15 is 0 Å². The molecule has 0 aliphatic carbocycles. The van der Waals surface area contributed by atoms with Gasteiger partial charge in [0.15, 0.2) is 0 Å². The first-order valence-corrected chi connectivity index (χ1v) is 8.26. The molecule has 2 aliphatic rings. The molecule has 0 spiro atoms. The van der Waals surface area contributed by atoms with E-state index in [9.17, 15) is 9.90 Å². The summed E-state index contributed by atoms with van der Waals surface area (Å²) in [5.41, 5.74) is -0.0469. The maximum Gasteiger partial charge on any atom is 0.225 e. The van der Waals surface area contributed by atoms with Gasteiger partial charge in [0, 0.05) is 26.1 Å². The van der Waals surface area contributed by atoms with Gasteiger partial charge in [0.1, 0.15) is 0 Å². The molecule has 2 heterocycles. The first-order chi connectivity index (χ1) is 10.1. The van der Waals surface area contributed by atoms with Gasteiger partial charge in [0.05, 0.1) is 25.2 Å². The molecule has 0 aromatic rings. The van der Waals surface area contributed by atoms with Crippen LogP contribution in [-0.4, -0.2) is 73.9 Å². The summed E-state index contributed by atoms with van der Waals surface area (Å²) in [5.74, 6) is 0.498. The van der Waals surface area contributed by atoms with Crippen molar-refractivity contribution in [2.75, 3.05) is 53.0 Å². The van der Waals surface area contributed by atoms with E-state index < -0.39 is 0 Å². The number of likely N-dealkylation sites (tertiary alicyclic amines) is 1. The lowest BCUT2D eigenvalue weighted by molar-refractivity contribution is -0.152. The Morgan fingerprint density at radius 3 is 2.52 bits per heavy atom. The van der Waals surface area contributed by atoms with Gasteiger partial charge in [0.2, 0.25) is 5.91 Å². The number of piperidine rings is 1. The van der Waals surface area contributed by atoms with Gasteiger partial charge in [-0.3, -0.25) is 4.79 Å². The summed E-state index contributed by atoms with van der Waals surface area (Å²) in [7, 11) is 1.93. The van der Waals surface area contributed by atoms with Crippen LogP contribution in [0.5, 0.6) is 0 Å². The van der Waals surface area contributed by atoms with Crippen molar-refractivity contribution in [3.63, 3.8) is 0 Å². The molecule has 2 saturated heterocycles. The summed E-state index contributed by atoms with van der Waals surface area (Å²) >= 11 is 0. The average molecular weight is 298 g/mol. The molecule has 2 aliphatic heterocycles. The number of aliphatic hydroxyl groups is 1. The number of unbranched alkanes of at least 4 members (excludes halogenated alkanes) is 1. The zero-order chi connectivity index (χ0) is 15.3. The van der Waals surface area contributed by atoms with Crippen LogP contribution in [0.2, 0.25) is 0 Å². The van der Waals surface area contributed by atoms with Crippen LogP contribution in [0.1, 0.15) is 32.6 Å². The minimum atomic E-state index is -0.0469. The fourth-order valence-electron chi connectivity index (χ4n) is 3.25. The third-order valence-electron chi connectivity index (χ3n) is 4.87. The molecule has 2 rings (SSSR count). The Bertz CT molecular complexity index is 331. The highest BCUT2D eigenvalue weighted by Crippen LogP contribution is 2.30. The Morgan fingerprint density at radius 2 is 2.05 bits per heavy atom. The van der Waals surface area contributed by atoms with Gasteiger partial charge in [-0.05, 0) is 32.4 Å². The molecule has 0 unspecified atom stereocenters. The number of hydrogen-bond donors (Lipinski definition) is 1. The van der Waals surface area contributed by atoms with Gasteiger partial charge in [-0.2, -0.15) is 0 Å². The molecular formula is C16H30N2O3. The molecule has 21 heavy (non-hydrogen) atoms. The van der Waals surface area contributed by atoms with E-state index in [4.69, 9.17) is 4.74 Å². The van der Waals surface area contributed by atoms with Crippen LogP contribution in [0.3, 0.4) is 0 Å². The van der Waals surface area contributed by atoms with Crippen molar-refractivity contribution in [1.29, 1.82) is 0 Å². The maximum absolute atomic E-state index is 12.4. The van der Waals surface area contributed by atoms with Gasteiger partial charge in [-0.1, -0.05) is 13.3 Å². The Balaban J connectivity index is 1.73. The number of carbonyl (C=O) groups excluding carboxylic acids is 1. The summed E-state index contributed by atoms with van der Waals surface area (Å²) < 4.78 is 5.25. The second-order valence-electron chi connectivity index (χ2n) is 6.81. The molecule has 1 N–H and O–H groups in total. The van der Waals surface area contributed by atoms with Crippen molar-refractivity contribution < 1.29 is 14.6 Å². The molecule has 0 bridgehead atoms. The van der Waals surface area contributed by atoms with Crippen molar-refractivity contribution in [2.24, 2.45) is 11.3 Å². The Morgan fingerprint density at radius 1 is 1.38 bits per heavy atom. The minimum Gasteiger partial charge on any atom is -0.396 e. The number of amides is 1. The Kier molecular flexibility index (Phi) is 6.02. The standard InChI is InChI=1S/C16H30N2O3/c1-3-4-7-17(2)15(20)14-5-8-18(9-6-14)10-16(11-19)12-21-13-16/h14,19H,3-13H2,1-2H3. The van der Waals surface area contributed by atoms with E-state index in [0.717, 1.165) is 51.9 Å². The molecule has 0 aromatic carbocycles. The number of nitrogens with zero attached hydrogens (tertiary/aromatic N) is 2. The van der Waals surface area contributed by atoms with E-state index in [1.165, 1.54) is 0 Å². The van der Waals surface area contributed by atoms with Crippen LogP contribution in [0.15, 0.2) is 0 Å². The fraction of sp³-hybridized carbons (Fsp3) is 0.938. The fourth-order valence-corrected chi connectivity index (χ4v) is 3.25. The molecular weight excluding hydrogens is 268 g/mol. The van der Waals surface area contributed by atoms with Crippen LogP contribution >= 0.6 is 0 Å². The third-order valence-corrected chi connectivity index (χ3v) is 4.87. The summed E-state index contributed by atoms with van der Waals surface area (Å²) in [6.07, 6.45) is 4.09. The zero-order valence-corrected chi connectivity index (χ0v) is 13.5. The van der Waals surface area contributed by atoms with Crippen molar-refractivity contribution in [3.8, 4) is 0 Å². The van der Waals surface area contributed by atoms with E-state index in [-0.39, 0.29) is 17.9 Å². The summed E-state index contributed by atoms with van der Waals surface area (Å²) in [5, 5.41) is 9.50. The molecule has 0 atom stereocenters. The lowest BCUT2D eigenvalue weighted by Crippen LogP contribution is -2.55. The number of hydrogen-bond acceptors (Lipinski definition) is 4. The van der Waals surface area contributed by atoms with Crippen LogP contribution in [0.4, 0.5) is 0 Å². The SMILES string of the molecule is CCCCN(C)C(=O)C1CCN(CC2(CO)COC2)CC1. The van der Waals surface area contributed by atoms with Crippen molar-refractivity contribution in [3.05, 3.63) is 0 Å². The number of carbonyl (C=O) groups is 1. The number of rotatable bonds is 7. The highest BCUT2D eigenvalue weighted by Gasteiger charge is 2.40. The maximum atomic E-state index is 12.4. The topological polar surface area (TPSA) is 53.0 Å².